The summed E-state index contributed by atoms with van der Waals surface area (Å²) in [5.41, 5.74) is 0. The van der Waals surface area contributed by atoms with Crippen molar-refractivity contribution >= 4 is 22.8 Å². The van der Waals surface area contributed by atoms with Crippen molar-refractivity contribution in [3.8, 4) is 0 Å². The van der Waals surface area contributed by atoms with Gasteiger partial charge in [-0.1, -0.05) is 96.8 Å². The minimum atomic E-state index is -0.653. The zero-order chi connectivity index (χ0) is 20.8. The fourth-order valence-corrected chi connectivity index (χ4v) is 2.70. The van der Waals surface area contributed by atoms with Gasteiger partial charge in [-0.3, -0.25) is 4.79 Å². The Morgan fingerprint density at radius 3 is 1.22 bits per heavy atom. The molecule has 0 spiro atoms. The second-order valence-corrected chi connectivity index (χ2v) is 11.0. The van der Waals surface area contributed by atoms with Crippen molar-refractivity contribution in [1.82, 2.24) is 0 Å². The Balaban J connectivity index is 0. The molecule has 0 aromatic rings. The molecule has 0 saturated heterocycles. The molecule has 1 unspecified atom stereocenters. The van der Waals surface area contributed by atoms with Gasteiger partial charge in [-0.05, 0) is 6.42 Å². The molecule has 0 saturated carbocycles. The van der Waals surface area contributed by atoms with Crippen LogP contribution >= 0.6 is 0 Å². The number of aliphatic carboxylic acids is 1. The molecule has 1 atom stereocenters. The largest absolute Gasteiger partial charge is 0.481 e. The van der Waals surface area contributed by atoms with Crippen LogP contribution < -0.4 is 0 Å². The normalized spacial score (nSPS) is 11.1. The standard InChI is InChI=1S/C18H36O2.C4H11AsO2/c1-2-3-4-5-6-7-8-9-10-11-12-13-14-15-16-17-18(19)20;1-4(5,2-6)3-7/h2-17H2,1H3,(H,19,20);6-7H,2-3,5H2,1H3. The topological polar surface area (TPSA) is 77.8 Å². The predicted molar refractivity (Wildman–Crippen MR) is 118 cm³/mol. The third kappa shape index (κ3) is 28.3. The van der Waals surface area contributed by atoms with E-state index in [1.54, 1.807) is 0 Å². The van der Waals surface area contributed by atoms with E-state index in [0.29, 0.717) is 6.42 Å². The summed E-state index contributed by atoms with van der Waals surface area (Å²) in [5, 5.41) is 25.4. The molecule has 5 heteroatoms. The van der Waals surface area contributed by atoms with Gasteiger partial charge in [-0.25, -0.2) is 0 Å². The van der Waals surface area contributed by atoms with E-state index in [4.69, 9.17) is 15.3 Å². The number of aliphatic hydroxyl groups is 2. The van der Waals surface area contributed by atoms with E-state index in [-0.39, 0.29) is 17.4 Å². The molecule has 27 heavy (non-hydrogen) atoms. The van der Waals surface area contributed by atoms with Crippen LogP contribution in [0.3, 0.4) is 0 Å². The van der Waals surface area contributed by atoms with Gasteiger partial charge in [0, 0.05) is 6.42 Å². The SMILES string of the molecule is CC([AsH2])(CO)CO.CCCCCCCCCCCCCCCCCC(=O)O. The van der Waals surface area contributed by atoms with Crippen molar-refractivity contribution in [2.75, 3.05) is 13.2 Å². The zero-order valence-corrected chi connectivity index (χ0v) is 20.5. The number of aliphatic hydroxyl groups excluding tert-OH is 2. The quantitative estimate of drug-likeness (QED) is 0.200. The minimum Gasteiger partial charge on any atom is -0.481 e. The summed E-state index contributed by atoms with van der Waals surface area (Å²) in [4.78, 5) is 10.3. The molecule has 0 aromatic heterocycles. The first-order valence-corrected chi connectivity index (χ1v) is 12.3. The van der Waals surface area contributed by atoms with E-state index in [0.717, 1.165) is 12.8 Å². The third-order valence-corrected chi connectivity index (χ3v) is 5.48. The van der Waals surface area contributed by atoms with Gasteiger partial charge in [0.05, 0.1) is 0 Å². The van der Waals surface area contributed by atoms with Crippen LogP contribution in [0.5, 0.6) is 0 Å². The maximum Gasteiger partial charge on any atom is 0.303 e. The Bertz CT molecular complexity index is 303. The molecule has 0 amide bonds. The zero-order valence-electron chi connectivity index (χ0n) is 18.1. The number of hydrogen-bond acceptors (Lipinski definition) is 3. The van der Waals surface area contributed by atoms with Gasteiger partial charge >= 0.3 is 57.4 Å². The molecule has 0 radical (unpaired) electrons. The average Bonchev–Trinajstić information content (AvgIpc) is 2.65. The molecular formula is C22H47AsO4. The van der Waals surface area contributed by atoms with Crippen LogP contribution in [0, 0.1) is 0 Å². The Morgan fingerprint density at radius 2 is 1.00 bits per heavy atom. The first kappa shape index (κ1) is 29.2. The van der Waals surface area contributed by atoms with Crippen molar-refractivity contribution in [2.45, 2.75) is 121 Å². The molecule has 0 heterocycles. The van der Waals surface area contributed by atoms with Crippen LogP contribution in [0.4, 0.5) is 0 Å². The van der Waals surface area contributed by atoms with Crippen LogP contribution in [0.1, 0.15) is 117 Å². The van der Waals surface area contributed by atoms with Crippen molar-refractivity contribution in [3.05, 3.63) is 0 Å². The molecule has 0 aromatic carbocycles. The summed E-state index contributed by atoms with van der Waals surface area (Å²) >= 11 is 1.37. The van der Waals surface area contributed by atoms with Gasteiger partial charge in [0.2, 0.25) is 0 Å². The monoisotopic (exact) mass is 450 g/mol. The van der Waals surface area contributed by atoms with Crippen molar-refractivity contribution < 1.29 is 20.1 Å². The maximum absolute atomic E-state index is 10.3. The Morgan fingerprint density at radius 1 is 0.704 bits per heavy atom. The van der Waals surface area contributed by atoms with E-state index in [1.165, 1.54) is 100 Å². The summed E-state index contributed by atoms with van der Waals surface area (Å²) in [5.74, 6) is -0.653. The number of rotatable bonds is 18. The molecule has 3 N–H and O–H groups in total. The first-order chi connectivity index (χ1) is 12.9. The van der Waals surface area contributed by atoms with E-state index < -0.39 is 5.97 Å². The van der Waals surface area contributed by atoms with E-state index in [2.05, 4.69) is 6.92 Å². The van der Waals surface area contributed by atoms with E-state index in [1.807, 2.05) is 6.92 Å². The van der Waals surface area contributed by atoms with Crippen LogP contribution in [0.25, 0.3) is 0 Å². The molecule has 0 aliphatic rings. The Hall–Kier alpha value is -0.0516. The summed E-state index contributed by atoms with van der Waals surface area (Å²) < 4.78 is -0.243. The van der Waals surface area contributed by atoms with Gasteiger partial charge in [0.15, 0.2) is 0 Å². The second-order valence-electron chi connectivity index (χ2n) is 8.06. The van der Waals surface area contributed by atoms with Crippen LogP contribution in [-0.4, -0.2) is 51.4 Å². The minimum absolute atomic E-state index is 0.0729. The molecule has 0 fully saturated rings. The summed E-state index contributed by atoms with van der Waals surface area (Å²) in [7, 11) is 0. The summed E-state index contributed by atoms with van der Waals surface area (Å²) in [6.07, 6.45) is 20.2. The Labute approximate surface area is 177 Å². The molecule has 0 rings (SSSR count). The van der Waals surface area contributed by atoms with Crippen LogP contribution in [0.2, 0.25) is 4.20 Å². The molecule has 164 valence electrons. The molecule has 4 nitrogen and oxygen atoms in total. The Kier molecular flexibility index (Phi) is 24.0. The van der Waals surface area contributed by atoms with Crippen LogP contribution in [-0.2, 0) is 4.79 Å². The molecule has 0 bridgehead atoms. The van der Waals surface area contributed by atoms with Gasteiger partial charge in [-0.15, -0.1) is 0 Å². The smallest absolute Gasteiger partial charge is 0.303 e. The van der Waals surface area contributed by atoms with Crippen LogP contribution in [0.15, 0.2) is 0 Å². The molecule has 0 aliphatic carbocycles. The number of unbranched alkanes of at least 4 members (excludes halogenated alkanes) is 14. The van der Waals surface area contributed by atoms with Crippen molar-refractivity contribution in [2.24, 2.45) is 0 Å². The summed E-state index contributed by atoms with van der Waals surface area (Å²) in [6, 6.07) is 0. The molecular weight excluding hydrogens is 403 g/mol. The number of carboxylic acid groups (broad SMARTS) is 1. The predicted octanol–water partition coefficient (Wildman–Crippen LogP) is 5.12. The van der Waals surface area contributed by atoms with E-state index in [9.17, 15) is 4.79 Å². The number of carbonyl (C=O) groups is 1. The van der Waals surface area contributed by atoms with Crippen molar-refractivity contribution in [3.63, 3.8) is 0 Å². The van der Waals surface area contributed by atoms with Gasteiger partial charge in [0.25, 0.3) is 0 Å². The van der Waals surface area contributed by atoms with Gasteiger partial charge in [0.1, 0.15) is 0 Å². The number of hydrogen-bond donors (Lipinski definition) is 3. The average molecular weight is 451 g/mol. The second kappa shape index (κ2) is 22.2. The third-order valence-electron chi connectivity index (χ3n) is 4.72. The fourth-order valence-electron chi connectivity index (χ4n) is 2.70. The van der Waals surface area contributed by atoms with E-state index >= 15 is 0 Å². The van der Waals surface area contributed by atoms with Gasteiger partial charge in [-0.2, -0.15) is 0 Å². The summed E-state index contributed by atoms with van der Waals surface area (Å²) in [6.45, 7) is 4.24. The maximum atomic E-state index is 10.3. The molecule has 0 aliphatic heterocycles. The first-order valence-electron chi connectivity index (χ1n) is 11.1. The number of carboxylic acids is 1. The van der Waals surface area contributed by atoms with Gasteiger partial charge < -0.3 is 5.11 Å². The fraction of sp³-hybridized carbons (Fsp3) is 0.955. The van der Waals surface area contributed by atoms with Crippen molar-refractivity contribution in [1.29, 1.82) is 0 Å².